The van der Waals surface area contributed by atoms with Gasteiger partial charge in [-0.2, -0.15) is 0 Å². The van der Waals surface area contributed by atoms with Crippen molar-refractivity contribution < 1.29 is 19.5 Å². The van der Waals surface area contributed by atoms with Gasteiger partial charge in [-0.3, -0.25) is 19.3 Å². The second-order valence-electron chi connectivity index (χ2n) is 4.99. The van der Waals surface area contributed by atoms with E-state index in [9.17, 15) is 14.4 Å². The second kappa shape index (κ2) is 6.49. The fourth-order valence-electron chi connectivity index (χ4n) is 2.56. The minimum Gasteiger partial charge on any atom is -0.480 e. The highest BCUT2D eigenvalue weighted by Gasteiger charge is 2.42. The van der Waals surface area contributed by atoms with E-state index in [4.69, 9.17) is 5.11 Å². The van der Waals surface area contributed by atoms with Crippen LogP contribution in [0.25, 0.3) is 0 Å². The van der Waals surface area contributed by atoms with E-state index in [0.717, 1.165) is 11.3 Å². The van der Waals surface area contributed by atoms with Crippen LogP contribution < -0.4 is 4.90 Å². The maximum atomic E-state index is 12.5. The average molecular weight is 290 g/mol. The van der Waals surface area contributed by atoms with E-state index in [1.165, 1.54) is 0 Å². The number of hydrogen-bond acceptors (Lipinski definition) is 4. The summed E-state index contributed by atoms with van der Waals surface area (Å²) in [6.45, 7) is 2.14. The number of carboxylic acid groups (broad SMARTS) is 1. The Morgan fingerprint density at radius 2 is 2.00 bits per heavy atom. The third-order valence-corrected chi connectivity index (χ3v) is 3.43. The highest BCUT2D eigenvalue weighted by molar-refractivity contribution is 6.22. The van der Waals surface area contributed by atoms with Crippen LogP contribution in [0.2, 0.25) is 0 Å². The Bertz CT molecular complexity index is 544. The van der Waals surface area contributed by atoms with Gasteiger partial charge in [0.05, 0.1) is 24.7 Å². The molecule has 1 aromatic rings. The molecule has 1 aliphatic heterocycles. The van der Waals surface area contributed by atoms with Gasteiger partial charge in [-0.15, -0.1) is 0 Å². The summed E-state index contributed by atoms with van der Waals surface area (Å²) in [5.41, 5.74) is 0.529. The van der Waals surface area contributed by atoms with Gasteiger partial charge >= 0.3 is 5.97 Å². The van der Waals surface area contributed by atoms with Gasteiger partial charge in [-0.25, -0.2) is 4.90 Å². The summed E-state index contributed by atoms with van der Waals surface area (Å²) in [5, 5.41) is 8.95. The molecule has 1 aliphatic rings. The average Bonchev–Trinajstić information content (AvgIpc) is 2.74. The lowest BCUT2D eigenvalue weighted by Crippen LogP contribution is -2.44. The molecule has 0 radical (unpaired) electrons. The van der Waals surface area contributed by atoms with Crippen molar-refractivity contribution in [3.05, 3.63) is 30.3 Å². The molecule has 112 valence electrons. The van der Waals surface area contributed by atoms with Crippen LogP contribution >= 0.6 is 0 Å². The Morgan fingerprint density at radius 1 is 1.33 bits per heavy atom. The van der Waals surface area contributed by atoms with E-state index in [1.54, 1.807) is 35.2 Å². The van der Waals surface area contributed by atoms with Crippen LogP contribution in [0.1, 0.15) is 19.8 Å². The van der Waals surface area contributed by atoms with Crippen molar-refractivity contribution in [2.24, 2.45) is 0 Å². The van der Waals surface area contributed by atoms with E-state index in [2.05, 4.69) is 0 Å². The van der Waals surface area contributed by atoms with Gasteiger partial charge in [0, 0.05) is 0 Å². The molecule has 1 fully saturated rings. The summed E-state index contributed by atoms with van der Waals surface area (Å²) < 4.78 is 0. The standard InChI is InChI=1S/C15H18N2O4/c1-2-8-16(10-14(19)20)12-9-13(18)17(15(12)21)11-6-4-3-5-7-11/h3-7,12H,2,8-10H2,1H3,(H,19,20). The van der Waals surface area contributed by atoms with Gasteiger partial charge in [-0.1, -0.05) is 25.1 Å². The number of imide groups is 1. The second-order valence-corrected chi connectivity index (χ2v) is 4.99. The zero-order chi connectivity index (χ0) is 15.4. The number of carbonyl (C=O) groups excluding carboxylic acids is 2. The lowest BCUT2D eigenvalue weighted by molar-refractivity contribution is -0.139. The molecule has 1 atom stereocenters. The fraction of sp³-hybridized carbons (Fsp3) is 0.400. The first kappa shape index (κ1) is 15.2. The topological polar surface area (TPSA) is 77.9 Å². The zero-order valence-corrected chi connectivity index (χ0v) is 11.9. The number of anilines is 1. The van der Waals surface area contributed by atoms with Crippen LogP contribution in [0.5, 0.6) is 0 Å². The minimum absolute atomic E-state index is 0.0288. The van der Waals surface area contributed by atoms with E-state index >= 15 is 0 Å². The first-order valence-electron chi connectivity index (χ1n) is 6.92. The number of nitrogens with zero attached hydrogens (tertiary/aromatic N) is 2. The minimum atomic E-state index is -0.998. The number of carboxylic acids is 1. The van der Waals surface area contributed by atoms with Gasteiger partial charge in [0.2, 0.25) is 5.91 Å². The molecule has 1 saturated heterocycles. The molecule has 6 heteroatoms. The van der Waals surface area contributed by atoms with Crippen molar-refractivity contribution in [1.82, 2.24) is 4.90 Å². The van der Waals surface area contributed by atoms with Gasteiger partial charge in [0.15, 0.2) is 0 Å². The summed E-state index contributed by atoms with van der Waals surface area (Å²) in [4.78, 5) is 38.2. The smallest absolute Gasteiger partial charge is 0.317 e. The lowest BCUT2D eigenvalue weighted by atomic mass is 10.2. The molecule has 0 spiro atoms. The molecule has 0 aliphatic carbocycles. The summed E-state index contributed by atoms with van der Waals surface area (Å²) in [6.07, 6.45) is 0.748. The van der Waals surface area contributed by atoms with Crippen LogP contribution in [-0.2, 0) is 14.4 Å². The molecule has 6 nitrogen and oxygen atoms in total. The number of benzene rings is 1. The molecule has 2 amide bonds. The lowest BCUT2D eigenvalue weighted by Gasteiger charge is -2.25. The van der Waals surface area contributed by atoms with E-state index in [1.807, 2.05) is 6.92 Å². The van der Waals surface area contributed by atoms with Crippen LogP contribution in [0, 0.1) is 0 Å². The van der Waals surface area contributed by atoms with Gasteiger partial charge in [0.1, 0.15) is 0 Å². The Labute approximate surface area is 123 Å². The number of para-hydroxylation sites is 1. The third-order valence-electron chi connectivity index (χ3n) is 3.43. The predicted octanol–water partition coefficient (Wildman–Crippen LogP) is 1.12. The number of amides is 2. The summed E-state index contributed by atoms with van der Waals surface area (Å²) >= 11 is 0. The third kappa shape index (κ3) is 3.28. The molecule has 2 rings (SSSR count). The van der Waals surface area contributed by atoms with Crippen molar-refractivity contribution in [3.8, 4) is 0 Å². The Balaban J connectivity index is 2.22. The molecular formula is C15H18N2O4. The molecule has 1 N–H and O–H groups in total. The zero-order valence-electron chi connectivity index (χ0n) is 11.9. The monoisotopic (exact) mass is 290 g/mol. The Hall–Kier alpha value is -2.21. The molecule has 1 heterocycles. The molecular weight excluding hydrogens is 272 g/mol. The highest BCUT2D eigenvalue weighted by atomic mass is 16.4. The fourth-order valence-corrected chi connectivity index (χ4v) is 2.56. The van der Waals surface area contributed by atoms with Crippen LogP contribution in [0.15, 0.2) is 30.3 Å². The normalized spacial score (nSPS) is 18.6. The van der Waals surface area contributed by atoms with Crippen molar-refractivity contribution in [2.75, 3.05) is 18.0 Å². The van der Waals surface area contributed by atoms with Crippen LogP contribution in [-0.4, -0.2) is 46.9 Å². The summed E-state index contributed by atoms with van der Waals surface area (Å²) in [6, 6.07) is 8.02. The molecule has 21 heavy (non-hydrogen) atoms. The first-order valence-corrected chi connectivity index (χ1v) is 6.92. The van der Waals surface area contributed by atoms with E-state index in [-0.39, 0.29) is 24.8 Å². The largest absolute Gasteiger partial charge is 0.480 e. The quantitative estimate of drug-likeness (QED) is 0.794. The molecule has 1 unspecified atom stereocenters. The molecule has 1 aromatic carbocycles. The number of carbonyl (C=O) groups is 3. The van der Waals surface area contributed by atoms with Crippen molar-refractivity contribution in [1.29, 1.82) is 0 Å². The number of hydrogen-bond donors (Lipinski definition) is 1. The van der Waals surface area contributed by atoms with Crippen molar-refractivity contribution in [3.63, 3.8) is 0 Å². The van der Waals surface area contributed by atoms with Crippen molar-refractivity contribution >= 4 is 23.5 Å². The number of aliphatic carboxylic acids is 1. The summed E-state index contributed by atoms with van der Waals surface area (Å²) in [7, 11) is 0. The molecule has 0 bridgehead atoms. The Kier molecular flexibility index (Phi) is 4.70. The maximum Gasteiger partial charge on any atom is 0.317 e. The van der Waals surface area contributed by atoms with Gasteiger partial charge < -0.3 is 5.11 Å². The van der Waals surface area contributed by atoms with E-state index < -0.39 is 12.0 Å². The SMILES string of the molecule is CCCN(CC(=O)O)C1CC(=O)N(c2ccccc2)C1=O. The molecule has 0 aromatic heterocycles. The maximum absolute atomic E-state index is 12.5. The predicted molar refractivity (Wildman–Crippen MR) is 76.8 cm³/mol. The summed E-state index contributed by atoms with van der Waals surface area (Å²) in [5.74, 6) is -1.63. The first-order chi connectivity index (χ1) is 10.0. The van der Waals surface area contributed by atoms with Crippen LogP contribution in [0.4, 0.5) is 5.69 Å². The van der Waals surface area contributed by atoms with Crippen LogP contribution in [0.3, 0.4) is 0 Å². The Morgan fingerprint density at radius 3 is 2.57 bits per heavy atom. The van der Waals surface area contributed by atoms with Gasteiger partial charge in [-0.05, 0) is 25.1 Å². The molecule has 0 saturated carbocycles. The van der Waals surface area contributed by atoms with E-state index in [0.29, 0.717) is 12.2 Å². The highest BCUT2D eigenvalue weighted by Crippen LogP contribution is 2.25. The van der Waals surface area contributed by atoms with Gasteiger partial charge in [0.25, 0.3) is 5.91 Å². The van der Waals surface area contributed by atoms with Crippen molar-refractivity contribution in [2.45, 2.75) is 25.8 Å². The number of rotatable bonds is 6.